The summed E-state index contributed by atoms with van der Waals surface area (Å²) in [4.78, 5) is 15.7. The number of hydrogen-bond acceptors (Lipinski definition) is 3. The van der Waals surface area contributed by atoms with E-state index in [0.717, 1.165) is 17.3 Å². The molecule has 2 heterocycles. The van der Waals surface area contributed by atoms with Gasteiger partial charge in [-0.05, 0) is 40.9 Å². The van der Waals surface area contributed by atoms with Gasteiger partial charge in [-0.3, -0.25) is 4.79 Å². The highest BCUT2D eigenvalue weighted by atomic mass is 79.9. The second-order valence-electron chi connectivity index (χ2n) is 3.35. The highest BCUT2D eigenvalue weighted by Gasteiger charge is 2.23. The SMILES string of the molecule is O=C(Nc1ccc(Br)cn1)[C@H]1CCCO1. The van der Waals surface area contributed by atoms with E-state index in [1.54, 1.807) is 12.3 Å². The van der Waals surface area contributed by atoms with Gasteiger partial charge in [0.25, 0.3) is 5.91 Å². The van der Waals surface area contributed by atoms with Crippen LogP contribution in [0.15, 0.2) is 22.8 Å². The standard InChI is InChI=1S/C10H11BrN2O2/c11-7-3-4-9(12-6-7)13-10(14)8-2-1-5-15-8/h3-4,6,8H,1-2,5H2,(H,12,13,14)/t8-/m1/s1. The van der Waals surface area contributed by atoms with Gasteiger partial charge in [0.05, 0.1) is 0 Å². The summed E-state index contributed by atoms with van der Waals surface area (Å²) in [7, 11) is 0. The van der Waals surface area contributed by atoms with E-state index < -0.39 is 0 Å². The molecule has 0 spiro atoms. The van der Waals surface area contributed by atoms with Gasteiger partial charge in [0.2, 0.25) is 0 Å². The van der Waals surface area contributed by atoms with Gasteiger partial charge < -0.3 is 10.1 Å². The summed E-state index contributed by atoms with van der Waals surface area (Å²) in [5.41, 5.74) is 0. The number of amides is 1. The molecule has 1 fully saturated rings. The number of anilines is 1. The molecular weight excluding hydrogens is 260 g/mol. The van der Waals surface area contributed by atoms with Crippen LogP contribution in [0.1, 0.15) is 12.8 Å². The fraction of sp³-hybridized carbons (Fsp3) is 0.400. The Bertz CT molecular complexity index is 347. The van der Waals surface area contributed by atoms with Crippen LogP contribution in [-0.4, -0.2) is 23.6 Å². The van der Waals surface area contributed by atoms with Crippen molar-refractivity contribution in [2.45, 2.75) is 18.9 Å². The van der Waals surface area contributed by atoms with Crippen molar-refractivity contribution in [3.63, 3.8) is 0 Å². The smallest absolute Gasteiger partial charge is 0.254 e. The van der Waals surface area contributed by atoms with Crippen LogP contribution >= 0.6 is 15.9 Å². The predicted molar refractivity (Wildman–Crippen MR) is 59.5 cm³/mol. The molecule has 2 rings (SSSR count). The molecule has 1 atom stereocenters. The monoisotopic (exact) mass is 270 g/mol. The van der Waals surface area contributed by atoms with E-state index in [1.807, 2.05) is 6.07 Å². The summed E-state index contributed by atoms with van der Waals surface area (Å²) in [6.07, 6.45) is 3.08. The van der Waals surface area contributed by atoms with E-state index in [1.165, 1.54) is 0 Å². The predicted octanol–water partition coefficient (Wildman–Crippen LogP) is 1.96. The Hall–Kier alpha value is -0.940. The molecule has 5 heteroatoms. The van der Waals surface area contributed by atoms with Crippen LogP contribution in [0, 0.1) is 0 Å². The molecule has 0 saturated carbocycles. The normalized spacial score (nSPS) is 20.2. The number of ether oxygens (including phenoxy) is 1. The lowest BCUT2D eigenvalue weighted by Crippen LogP contribution is -2.27. The van der Waals surface area contributed by atoms with Gasteiger partial charge in [-0.15, -0.1) is 0 Å². The highest BCUT2D eigenvalue weighted by molar-refractivity contribution is 9.10. The summed E-state index contributed by atoms with van der Waals surface area (Å²) < 4.78 is 6.15. The molecule has 0 aliphatic carbocycles. The average molecular weight is 271 g/mol. The van der Waals surface area contributed by atoms with Crippen molar-refractivity contribution in [3.8, 4) is 0 Å². The van der Waals surface area contributed by atoms with Crippen molar-refractivity contribution < 1.29 is 9.53 Å². The minimum absolute atomic E-state index is 0.109. The quantitative estimate of drug-likeness (QED) is 0.894. The van der Waals surface area contributed by atoms with Crippen molar-refractivity contribution in [3.05, 3.63) is 22.8 Å². The Balaban J connectivity index is 1.96. The Labute approximate surface area is 96.2 Å². The third kappa shape index (κ3) is 2.76. The maximum absolute atomic E-state index is 11.6. The van der Waals surface area contributed by atoms with Gasteiger partial charge in [-0.1, -0.05) is 0 Å². The number of nitrogens with one attached hydrogen (secondary N) is 1. The van der Waals surface area contributed by atoms with Crippen LogP contribution in [0.25, 0.3) is 0 Å². The van der Waals surface area contributed by atoms with Gasteiger partial charge in [-0.25, -0.2) is 4.98 Å². The Morgan fingerprint density at radius 3 is 3.07 bits per heavy atom. The first kappa shape index (κ1) is 10.6. The minimum atomic E-state index is -0.310. The number of aromatic nitrogens is 1. The number of halogens is 1. The van der Waals surface area contributed by atoms with E-state index in [0.29, 0.717) is 12.4 Å². The molecule has 1 aliphatic heterocycles. The fourth-order valence-electron chi connectivity index (χ4n) is 1.44. The van der Waals surface area contributed by atoms with Crippen LogP contribution in [0.4, 0.5) is 5.82 Å². The molecular formula is C10H11BrN2O2. The zero-order valence-electron chi connectivity index (χ0n) is 8.07. The second-order valence-corrected chi connectivity index (χ2v) is 4.27. The lowest BCUT2D eigenvalue weighted by Gasteiger charge is -2.09. The zero-order valence-corrected chi connectivity index (χ0v) is 9.66. The third-order valence-electron chi connectivity index (χ3n) is 2.20. The van der Waals surface area contributed by atoms with Crippen LogP contribution in [0.2, 0.25) is 0 Å². The maximum Gasteiger partial charge on any atom is 0.254 e. The Morgan fingerprint density at radius 1 is 1.60 bits per heavy atom. The number of nitrogens with zero attached hydrogens (tertiary/aromatic N) is 1. The van der Waals surface area contributed by atoms with E-state index in [2.05, 4.69) is 26.2 Å². The Morgan fingerprint density at radius 2 is 2.47 bits per heavy atom. The van der Waals surface area contributed by atoms with Crippen molar-refractivity contribution in [1.82, 2.24) is 4.98 Å². The first-order valence-electron chi connectivity index (χ1n) is 4.80. The molecule has 1 saturated heterocycles. The molecule has 1 aromatic rings. The average Bonchev–Trinajstić information content (AvgIpc) is 2.74. The first-order valence-corrected chi connectivity index (χ1v) is 5.59. The summed E-state index contributed by atoms with van der Waals surface area (Å²) in [5, 5.41) is 2.72. The molecule has 15 heavy (non-hydrogen) atoms. The largest absolute Gasteiger partial charge is 0.368 e. The number of pyridine rings is 1. The van der Waals surface area contributed by atoms with Crippen LogP contribution in [-0.2, 0) is 9.53 Å². The van der Waals surface area contributed by atoms with E-state index >= 15 is 0 Å². The highest BCUT2D eigenvalue weighted by Crippen LogP contribution is 2.15. The summed E-state index contributed by atoms with van der Waals surface area (Å²) in [6, 6.07) is 3.58. The molecule has 0 aromatic carbocycles. The molecule has 1 aromatic heterocycles. The molecule has 0 radical (unpaired) electrons. The van der Waals surface area contributed by atoms with Crippen LogP contribution in [0.3, 0.4) is 0 Å². The summed E-state index contributed by atoms with van der Waals surface area (Å²) in [5.74, 6) is 0.445. The topological polar surface area (TPSA) is 51.2 Å². The Kier molecular flexibility index (Phi) is 3.33. The molecule has 1 aliphatic rings. The van der Waals surface area contributed by atoms with Crippen molar-refractivity contribution in [2.24, 2.45) is 0 Å². The molecule has 0 bridgehead atoms. The third-order valence-corrected chi connectivity index (χ3v) is 2.67. The maximum atomic E-state index is 11.6. The van der Waals surface area contributed by atoms with Crippen LogP contribution in [0.5, 0.6) is 0 Å². The van der Waals surface area contributed by atoms with Gasteiger partial charge in [0, 0.05) is 17.3 Å². The molecule has 80 valence electrons. The lowest BCUT2D eigenvalue weighted by atomic mass is 10.2. The number of hydrogen-bond donors (Lipinski definition) is 1. The van der Waals surface area contributed by atoms with Crippen molar-refractivity contribution >= 4 is 27.7 Å². The number of rotatable bonds is 2. The minimum Gasteiger partial charge on any atom is -0.368 e. The molecule has 1 amide bonds. The van der Waals surface area contributed by atoms with Gasteiger partial charge >= 0.3 is 0 Å². The van der Waals surface area contributed by atoms with E-state index in [9.17, 15) is 4.79 Å². The van der Waals surface area contributed by atoms with Gasteiger partial charge in [0.1, 0.15) is 11.9 Å². The second kappa shape index (κ2) is 4.72. The van der Waals surface area contributed by atoms with Crippen molar-refractivity contribution in [2.75, 3.05) is 11.9 Å². The molecule has 1 N–H and O–H groups in total. The number of carbonyl (C=O) groups is 1. The van der Waals surface area contributed by atoms with Crippen LogP contribution < -0.4 is 5.32 Å². The lowest BCUT2D eigenvalue weighted by molar-refractivity contribution is -0.124. The van der Waals surface area contributed by atoms with Crippen molar-refractivity contribution in [1.29, 1.82) is 0 Å². The first-order chi connectivity index (χ1) is 7.25. The van der Waals surface area contributed by atoms with Gasteiger partial charge in [0.15, 0.2) is 0 Å². The summed E-state index contributed by atoms with van der Waals surface area (Å²) in [6.45, 7) is 0.672. The van der Waals surface area contributed by atoms with E-state index in [4.69, 9.17) is 4.74 Å². The number of carbonyl (C=O) groups excluding carboxylic acids is 1. The van der Waals surface area contributed by atoms with Gasteiger partial charge in [-0.2, -0.15) is 0 Å². The summed E-state index contributed by atoms with van der Waals surface area (Å²) >= 11 is 3.28. The zero-order chi connectivity index (χ0) is 10.7. The molecule has 0 unspecified atom stereocenters. The fourth-order valence-corrected chi connectivity index (χ4v) is 1.68. The van der Waals surface area contributed by atoms with E-state index in [-0.39, 0.29) is 12.0 Å². The molecule has 4 nitrogen and oxygen atoms in total.